The van der Waals surface area contributed by atoms with E-state index < -0.39 is 12.0 Å². The minimum absolute atomic E-state index is 0.438. The molecule has 1 heterocycles. The van der Waals surface area contributed by atoms with Gasteiger partial charge in [0.05, 0.1) is 12.8 Å². The summed E-state index contributed by atoms with van der Waals surface area (Å²) in [5.74, 6) is 0.315. The zero-order valence-electron chi connectivity index (χ0n) is 12.5. The zero-order valence-corrected chi connectivity index (χ0v) is 12.5. The molecule has 21 heavy (non-hydrogen) atoms. The Morgan fingerprint density at radius 2 is 2.05 bits per heavy atom. The first-order valence-corrected chi connectivity index (χ1v) is 6.98. The third-order valence-corrected chi connectivity index (χ3v) is 3.13. The topological polar surface area (TPSA) is 64.4 Å². The highest BCUT2D eigenvalue weighted by Crippen LogP contribution is 2.30. The third kappa shape index (κ3) is 3.62. The first kappa shape index (κ1) is 15.1. The Labute approximate surface area is 124 Å². The molecule has 112 valence electrons. The summed E-state index contributed by atoms with van der Waals surface area (Å²) in [4.78, 5) is 11.0. The van der Waals surface area contributed by atoms with Crippen molar-refractivity contribution in [3.63, 3.8) is 0 Å². The number of hydrogen-bond acceptors (Lipinski definition) is 3. The molecule has 2 aromatic rings. The lowest BCUT2D eigenvalue weighted by Gasteiger charge is -2.12. The van der Waals surface area contributed by atoms with Crippen LogP contribution in [0.15, 0.2) is 36.7 Å². The number of carboxylic acids is 1. The second-order valence-electron chi connectivity index (χ2n) is 5.42. The summed E-state index contributed by atoms with van der Waals surface area (Å²) in [6, 6.07) is 7.01. The van der Waals surface area contributed by atoms with Crippen molar-refractivity contribution in [1.29, 1.82) is 0 Å². The lowest BCUT2D eigenvalue weighted by Crippen LogP contribution is -2.15. The Balaban J connectivity index is 2.28. The normalized spacial score (nSPS) is 12.4. The molecular weight excluding hydrogens is 268 g/mol. The van der Waals surface area contributed by atoms with Crippen LogP contribution in [0.5, 0.6) is 5.75 Å². The molecule has 1 atom stereocenters. The first-order chi connectivity index (χ1) is 9.99. The number of nitrogens with zero attached hydrogens (tertiary/aromatic N) is 2. The SMILES string of the molecule is CC(C)COc1ccccc1-c1cnn([C@H](C)C(=O)O)c1. The molecule has 0 aliphatic heterocycles. The lowest BCUT2D eigenvalue weighted by molar-refractivity contribution is -0.140. The fourth-order valence-electron chi connectivity index (χ4n) is 1.89. The Kier molecular flexibility index (Phi) is 4.62. The number of hydrogen-bond donors (Lipinski definition) is 1. The minimum Gasteiger partial charge on any atom is -0.493 e. The van der Waals surface area contributed by atoms with E-state index in [9.17, 15) is 4.79 Å². The molecule has 0 aliphatic rings. The highest BCUT2D eigenvalue weighted by molar-refractivity contribution is 5.72. The molecule has 0 amide bonds. The van der Waals surface area contributed by atoms with Crippen LogP contribution in [0.3, 0.4) is 0 Å². The summed E-state index contributed by atoms with van der Waals surface area (Å²) in [5, 5.41) is 13.2. The Hall–Kier alpha value is -2.30. The van der Waals surface area contributed by atoms with Crippen LogP contribution in [0.4, 0.5) is 0 Å². The van der Waals surface area contributed by atoms with Gasteiger partial charge in [0.15, 0.2) is 0 Å². The molecule has 0 aliphatic carbocycles. The van der Waals surface area contributed by atoms with Gasteiger partial charge in [-0.1, -0.05) is 32.0 Å². The van der Waals surface area contributed by atoms with E-state index in [0.29, 0.717) is 12.5 Å². The van der Waals surface area contributed by atoms with Crippen LogP contribution >= 0.6 is 0 Å². The maximum Gasteiger partial charge on any atom is 0.328 e. The van der Waals surface area contributed by atoms with Crippen LogP contribution in [0.1, 0.15) is 26.8 Å². The number of para-hydroxylation sites is 1. The molecule has 2 rings (SSSR count). The van der Waals surface area contributed by atoms with Crippen molar-refractivity contribution in [3.05, 3.63) is 36.7 Å². The van der Waals surface area contributed by atoms with Crippen LogP contribution < -0.4 is 4.74 Å². The summed E-state index contributed by atoms with van der Waals surface area (Å²) >= 11 is 0. The number of ether oxygens (including phenoxy) is 1. The fraction of sp³-hybridized carbons (Fsp3) is 0.375. The van der Waals surface area contributed by atoms with Crippen molar-refractivity contribution >= 4 is 5.97 Å². The number of aromatic nitrogens is 2. The van der Waals surface area contributed by atoms with Gasteiger partial charge in [-0.25, -0.2) is 4.79 Å². The van der Waals surface area contributed by atoms with Crippen molar-refractivity contribution in [1.82, 2.24) is 9.78 Å². The van der Waals surface area contributed by atoms with Gasteiger partial charge in [0.1, 0.15) is 11.8 Å². The molecule has 0 saturated heterocycles. The van der Waals surface area contributed by atoms with Crippen LogP contribution in [0.25, 0.3) is 11.1 Å². The first-order valence-electron chi connectivity index (χ1n) is 6.98. The molecule has 5 nitrogen and oxygen atoms in total. The van der Waals surface area contributed by atoms with Crippen LogP contribution in [-0.2, 0) is 4.79 Å². The summed E-state index contributed by atoms with van der Waals surface area (Å²) in [6.45, 7) is 6.42. The van der Waals surface area contributed by atoms with Crippen LogP contribution in [0.2, 0.25) is 0 Å². The van der Waals surface area contributed by atoms with Gasteiger partial charge in [-0.15, -0.1) is 0 Å². The van der Waals surface area contributed by atoms with Crippen LogP contribution in [0, 0.1) is 5.92 Å². The molecule has 0 unspecified atom stereocenters. The molecule has 1 aromatic heterocycles. The number of carboxylic acid groups (broad SMARTS) is 1. The molecule has 0 saturated carbocycles. The second-order valence-corrected chi connectivity index (χ2v) is 5.42. The third-order valence-electron chi connectivity index (χ3n) is 3.13. The highest BCUT2D eigenvalue weighted by atomic mass is 16.5. The quantitative estimate of drug-likeness (QED) is 0.886. The molecule has 1 N–H and O–H groups in total. The highest BCUT2D eigenvalue weighted by Gasteiger charge is 2.16. The molecule has 0 radical (unpaired) electrons. The zero-order chi connectivity index (χ0) is 15.4. The van der Waals surface area contributed by atoms with E-state index in [1.165, 1.54) is 4.68 Å². The van der Waals surface area contributed by atoms with Crippen molar-refractivity contribution in [2.24, 2.45) is 5.92 Å². The number of aliphatic carboxylic acids is 1. The van der Waals surface area contributed by atoms with Crippen LogP contribution in [-0.4, -0.2) is 27.5 Å². The summed E-state index contributed by atoms with van der Waals surface area (Å²) in [7, 11) is 0. The molecular formula is C16H20N2O3. The van der Waals surface area contributed by atoms with E-state index in [0.717, 1.165) is 16.9 Å². The maximum atomic E-state index is 11.0. The van der Waals surface area contributed by atoms with Gasteiger partial charge in [-0.3, -0.25) is 4.68 Å². The van der Waals surface area contributed by atoms with Gasteiger partial charge in [-0.05, 0) is 18.9 Å². The molecule has 1 aromatic carbocycles. The van der Waals surface area contributed by atoms with E-state index in [-0.39, 0.29) is 0 Å². The summed E-state index contributed by atoms with van der Waals surface area (Å²) in [5.41, 5.74) is 1.77. The minimum atomic E-state index is -0.908. The van der Waals surface area contributed by atoms with E-state index >= 15 is 0 Å². The van der Waals surface area contributed by atoms with E-state index in [1.54, 1.807) is 19.3 Å². The Morgan fingerprint density at radius 1 is 1.33 bits per heavy atom. The average Bonchev–Trinajstić information content (AvgIpc) is 2.94. The monoisotopic (exact) mass is 288 g/mol. The second kappa shape index (κ2) is 6.43. The number of carbonyl (C=O) groups is 1. The van der Waals surface area contributed by atoms with E-state index in [4.69, 9.17) is 9.84 Å². The van der Waals surface area contributed by atoms with Crippen molar-refractivity contribution < 1.29 is 14.6 Å². The van der Waals surface area contributed by atoms with E-state index in [1.807, 2.05) is 24.3 Å². The van der Waals surface area contributed by atoms with Gasteiger partial charge in [-0.2, -0.15) is 5.10 Å². The number of rotatable bonds is 6. The predicted octanol–water partition coefficient (Wildman–Crippen LogP) is 3.23. The smallest absolute Gasteiger partial charge is 0.328 e. The summed E-state index contributed by atoms with van der Waals surface area (Å²) < 4.78 is 7.26. The standard InChI is InChI=1S/C16H20N2O3/c1-11(2)10-21-15-7-5-4-6-14(15)13-8-17-18(9-13)12(3)16(19)20/h4-9,11-12H,10H2,1-3H3,(H,19,20)/t12-/m1/s1. The van der Waals surface area contributed by atoms with E-state index in [2.05, 4.69) is 18.9 Å². The Bertz CT molecular complexity index is 619. The van der Waals surface area contributed by atoms with Gasteiger partial charge in [0.25, 0.3) is 0 Å². The molecule has 0 spiro atoms. The molecule has 5 heteroatoms. The van der Waals surface area contributed by atoms with Gasteiger partial charge in [0, 0.05) is 17.3 Å². The van der Waals surface area contributed by atoms with Gasteiger partial charge < -0.3 is 9.84 Å². The maximum absolute atomic E-state index is 11.0. The Morgan fingerprint density at radius 3 is 2.71 bits per heavy atom. The molecule has 0 bridgehead atoms. The molecule has 0 fully saturated rings. The van der Waals surface area contributed by atoms with Crippen molar-refractivity contribution in [3.8, 4) is 16.9 Å². The van der Waals surface area contributed by atoms with Gasteiger partial charge in [0.2, 0.25) is 0 Å². The van der Waals surface area contributed by atoms with Crippen molar-refractivity contribution in [2.75, 3.05) is 6.61 Å². The predicted molar refractivity (Wildman–Crippen MR) is 80.3 cm³/mol. The summed E-state index contributed by atoms with van der Waals surface area (Å²) in [6.07, 6.45) is 3.40. The number of benzene rings is 1. The lowest BCUT2D eigenvalue weighted by atomic mass is 10.1. The largest absolute Gasteiger partial charge is 0.493 e. The van der Waals surface area contributed by atoms with Crippen molar-refractivity contribution in [2.45, 2.75) is 26.8 Å². The van der Waals surface area contributed by atoms with Gasteiger partial charge >= 0.3 is 5.97 Å². The fourth-order valence-corrected chi connectivity index (χ4v) is 1.89. The average molecular weight is 288 g/mol.